The van der Waals surface area contributed by atoms with Gasteiger partial charge in [0, 0.05) is 18.4 Å². The van der Waals surface area contributed by atoms with E-state index in [4.69, 9.17) is 10.5 Å². The van der Waals surface area contributed by atoms with Crippen LogP contribution in [0.3, 0.4) is 0 Å². The van der Waals surface area contributed by atoms with Crippen molar-refractivity contribution in [1.29, 1.82) is 0 Å². The molecule has 0 amide bonds. The number of nitrogens with zero attached hydrogens (tertiary/aromatic N) is 1. The molecule has 1 aromatic rings. The zero-order valence-electron chi connectivity index (χ0n) is 8.55. The number of rotatable bonds is 4. The largest absolute Gasteiger partial charge is 0.466 e. The maximum absolute atomic E-state index is 11.1. The summed E-state index contributed by atoms with van der Waals surface area (Å²) in [5, 5.41) is 0. The van der Waals surface area contributed by atoms with Crippen molar-refractivity contribution >= 4 is 18.4 Å². The van der Waals surface area contributed by atoms with Crippen LogP contribution in [0.5, 0.6) is 0 Å². The monoisotopic (exact) mass is 230 g/mol. The number of carbonyl (C=O) groups is 1. The van der Waals surface area contributed by atoms with Crippen LogP contribution >= 0.6 is 12.4 Å². The summed E-state index contributed by atoms with van der Waals surface area (Å²) in [6, 6.07) is 3.28. The van der Waals surface area contributed by atoms with Crippen LogP contribution in [-0.4, -0.2) is 17.6 Å². The van der Waals surface area contributed by atoms with Crippen molar-refractivity contribution in [2.24, 2.45) is 5.73 Å². The molecule has 0 saturated heterocycles. The summed E-state index contributed by atoms with van der Waals surface area (Å²) in [6.07, 6.45) is 3.51. The molecule has 1 aromatic heterocycles. The number of nitrogens with two attached hydrogens (primary N) is 1. The molecule has 0 saturated carbocycles. The van der Waals surface area contributed by atoms with Gasteiger partial charge in [0.15, 0.2) is 0 Å². The minimum absolute atomic E-state index is 0. The fourth-order valence-electron chi connectivity index (χ4n) is 1.13. The standard InChI is InChI=1S/C10H14N2O2.ClH/c1-2-14-10(13)7-9(11)8-3-5-12-6-4-8;/h3-6,9H,2,7,11H2,1H3;1H/t9-;/m0./s1. The van der Waals surface area contributed by atoms with Gasteiger partial charge in [0.25, 0.3) is 0 Å². The van der Waals surface area contributed by atoms with E-state index in [1.54, 1.807) is 31.5 Å². The number of hydrogen-bond acceptors (Lipinski definition) is 4. The van der Waals surface area contributed by atoms with Crippen LogP contribution in [0.2, 0.25) is 0 Å². The Balaban J connectivity index is 0.00000196. The summed E-state index contributed by atoms with van der Waals surface area (Å²) in [5.74, 6) is -0.267. The van der Waals surface area contributed by atoms with E-state index in [1.165, 1.54) is 0 Å². The van der Waals surface area contributed by atoms with E-state index in [0.717, 1.165) is 5.56 Å². The van der Waals surface area contributed by atoms with E-state index in [-0.39, 0.29) is 30.8 Å². The number of ether oxygens (including phenoxy) is 1. The Morgan fingerprint density at radius 2 is 2.13 bits per heavy atom. The van der Waals surface area contributed by atoms with E-state index in [0.29, 0.717) is 6.61 Å². The predicted molar refractivity (Wildman–Crippen MR) is 59.7 cm³/mol. The smallest absolute Gasteiger partial charge is 0.307 e. The van der Waals surface area contributed by atoms with Gasteiger partial charge in [-0.3, -0.25) is 9.78 Å². The van der Waals surface area contributed by atoms with Gasteiger partial charge in [-0.1, -0.05) is 0 Å². The van der Waals surface area contributed by atoms with E-state index in [9.17, 15) is 4.79 Å². The van der Waals surface area contributed by atoms with Crippen LogP contribution < -0.4 is 5.73 Å². The molecule has 0 aliphatic heterocycles. The van der Waals surface area contributed by atoms with Gasteiger partial charge in [-0.15, -0.1) is 12.4 Å². The number of aromatic nitrogens is 1. The van der Waals surface area contributed by atoms with Gasteiger partial charge in [0.05, 0.1) is 13.0 Å². The lowest BCUT2D eigenvalue weighted by molar-refractivity contribution is -0.143. The second-order valence-electron chi connectivity index (χ2n) is 2.90. The Hall–Kier alpha value is -1.13. The van der Waals surface area contributed by atoms with E-state index in [2.05, 4.69) is 4.98 Å². The van der Waals surface area contributed by atoms with Gasteiger partial charge in [-0.25, -0.2) is 0 Å². The van der Waals surface area contributed by atoms with Crippen molar-refractivity contribution in [3.8, 4) is 0 Å². The summed E-state index contributed by atoms with van der Waals surface area (Å²) < 4.78 is 4.80. The molecular formula is C10H15ClN2O2. The summed E-state index contributed by atoms with van der Waals surface area (Å²) in [4.78, 5) is 15.0. The highest BCUT2D eigenvalue weighted by Gasteiger charge is 2.11. The predicted octanol–water partition coefficient (Wildman–Crippen LogP) is 1.46. The van der Waals surface area contributed by atoms with Crippen LogP contribution in [0.25, 0.3) is 0 Å². The highest BCUT2D eigenvalue weighted by molar-refractivity contribution is 5.85. The molecule has 0 fully saturated rings. The zero-order chi connectivity index (χ0) is 10.4. The fourth-order valence-corrected chi connectivity index (χ4v) is 1.13. The molecular weight excluding hydrogens is 216 g/mol. The molecule has 15 heavy (non-hydrogen) atoms. The van der Waals surface area contributed by atoms with Crippen LogP contribution in [0.4, 0.5) is 0 Å². The average molecular weight is 231 g/mol. The summed E-state index contributed by atoms with van der Waals surface area (Å²) in [7, 11) is 0. The summed E-state index contributed by atoms with van der Waals surface area (Å²) >= 11 is 0. The van der Waals surface area contributed by atoms with Gasteiger partial charge < -0.3 is 10.5 Å². The Labute approximate surface area is 95.2 Å². The second-order valence-corrected chi connectivity index (χ2v) is 2.90. The minimum atomic E-state index is -0.308. The first-order chi connectivity index (χ1) is 6.74. The minimum Gasteiger partial charge on any atom is -0.466 e. The fraction of sp³-hybridized carbons (Fsp3) is 0.400. The lowest BCUT2D eigenvalue weighted by Gasteiger charge is -2.10. The van der Waals surface area contributed by atoms with E-state index in [1.807, 2.05) is 0 Å². The SMILES string of the molecule is CCOC(=O)C[C@H](N)c1ccncc1.Cl. The highest BCUT2D eigenvalue weighted by atomic mass is 35.5. The number of hydrogen-bond donors (Lipinski definition) is 1. The molecule has 0 aliphatic rings. The molecule has 0 spiro atoms. The quantitative estimate of drug-likeness (QED) is 0.796. The second kappa shape index (κ2) is 7.20. The number of carbonyl (C=O) groups excluding carboxylic acids is 1. The maximum Gasteiger partial charge on any atom is 0.307 e. The number of halogens is 1. The molecule has 0 aliphatic carbocycles. The lowest BCUT2D eigenvalue weighted by Crippen LogP contribution is -2.17. The van der Waals surface area contributed by atoms with Crippen molar-refractivity contribution in [2.45, 2.75) is 19.4 Å². The molecule has 0 aromatic carbocycles. The molecule has 5 heteroatoms. The molecule has 0 radical (unpaired) electrons. The molecule has 1 rings (SSSR count). The van der Waals surface area contributed by atoms with Crippen LogP contribution in [0.15, 0.2) is 24.5 Å². The van der Waals surface area contributed by atoms with Crippen molar-refractivity contribution in [2.75, 3.05) is 6.61 Å². The summed E-state index contributed by atoms with van der Waals surface area (Å²) in [6.45, 7) is 2.16. The van der Waals surface area contributed by atoms with E-state index < -0.39 is 0 Å². The van der Waals surface area contributed by atoms with Gasteiger partial charge in [0.2, 0.25) is 0 Å². The first-order valence-corrected chi connectivity index (χ1v) is 4.55. The molecule has 0 unspecified atom stereocenters. The molecule has 1 atom stereocenters. The molecule has 0 bridgehead atoms. The topological polar surface area (TPSA) is 65.2 Å². The Morgan fingerprint density at radius 3 is 2.67 bits per heavy atom. The summed E-state index contributed by atoms with van der Waals surface area (Å²) in [5.41, 5.74) is 6.69. The average Bonchev–Trinajstić information content (AvgIpc) is 2.19. The van der Waals surface area contributed by atoms with Gasteiger partial charge in [-0.05, 0) is 24.6 Å². The van der Waals surface area contributed by atoms with Crippen molar-refractivity contribution in [3.63, 3.8) is 0 Å². The van der Waals surface area contributed by atoms with Crippen molar-refractivity contribution < 1.29 is 9.53 Å². The van der Waals surface area contributed by atoms with Gasteiger partial charge in [-0.2, -0.15) is 0 Å². The normalized spacial score (nSPS) is 11.3. The van der Waals surface area contributed by atoms with Crippen LogP contribution in [0, 0.1) is 0 Å². The van der Waals surface area contributed by atoms with E-state index >= 15 is 0 Å². The Morgan fingerprint density at radius 1 is 1.53 bits per heavy atom. The van der Waals surface area contributed by atoms with Crippen LogP contribution in [0.1, 0.15) is 24.9 Å². The van der Waals surface area contributed by atoms with Crippen LogP contribution in [-0.2, 0) is 9.53 Å². The maximum atomic E-state index is 11.1. The van der Waals surface area contributed by atoms with Crippen molar-refractivity contribution in [3.05, 3.63) is 30.1 Å². The first kappa shape index (κ1) is 13.9. The first-order valence-electron chi connectivity index (χ1n) is 4.55. The zero-order valence-corrected chi connectivity index (χ0v) is 9.37. The highest BCUT2D eigenvalue weighted by Crippen LogP contribution is 2.12. The van der Waals surface area contributed by atoms with Gasteiger partial charge in [0.1, 0.15) is 0 Å². The third kappa shape index (κ3) is 4.76. The Kier molecular flexibility index (Phi) is 6.66. The van der Waals surface area contributed by atoms with Gasteiger partial charge >= 0.3 is 5.97 Å². The number of pyridine rings is 1. The molecule has 1 heterocycles. The third-order valence-corrected chi connectivity index (χ3v) is 1.83. The third-order valence-electron chi connectivity index (χ3n) is 1.83. The number of esters is 1. The molecule has 4 nitrogen and oxygen atoms in total. The van der Waals surface area contributed by atoms with Crippen molar-refractivity contribution in [1.82, 2.24) is 4.98 Å². The Bertz CT molecular complexity index is 293. The molecule has 2 N–H and O–H groups in total. The lowest BCUT2D eigenvalue weighted by atomic mass is 10.1. The molecule has 84 valence electrons.